The first-order valence-electron chi connectivity index (χ1n) is 7.61. The summed E-state index contributed by atoms with van der Waals surface area (Å²) in [7, 11) is 3.08. The van der Waals surface area contributed by atoms with Crippen LogP contribution in [0.1, 0.15) is 15.9 Å². The van der Waals surface area contributed by atoms with E-state index in [2.05, 4.69) is 15.8 Å². The summed E-state index contributed by atoms with van der Waals surface area (Å²) in [5.41, 5.74) is 3.46. The van der Waals surface area contributed by atoms with E-state index in [0.29, 0.717) is 27.6 Å². The van der Waals surface area contributed by atoms with E-state index < -0.39 is 5.91 Å². The first-order valence-corrected chi connectivity index (χ1v) is 7.99. The number of methoxy groups -OCH3 is 2. The van der Waals surface area contributed by atoms with Crippen LogP contribution in [-0.2, 0) is 4.79 Å². The van der Waals surface area contributed by atoms with E-state index in [-0.39, 0.29) is 12.5 Å². The second-order valence-electron chi connectivity index (χ2n) is 5.10. The smallest absolute Gasteiger partial charge is 0.259 e. The summed E-state index contributed by atoms with van der Waals surface area (Å²) in [5.74, 6) is 0.321. The van der Waals surface area contributed by atoms with E-state index in [9.17, 15) is 9.59 Å². The zero-order chi connectivity index (χ0) is 18.9. The van der Waals surface area contributed by atoms with Gasteiger partial charge in [0, 0.05) is 10.6 Å². The van der Waals surface area contributed by atoms with Crippen LogP contribution in [0.15, 0.2) is 47.6 Å². The maximum absolute atomic E-state index is 11.9. The van der Waals surface area contributed by atoms with Gasteiger partial charge in [0.1, 0.15) is 0 Å². The van der Waals surface area contributed by atoms with E-state index in [4.69, 9.17) is 21.1 Å². The minimum Gasteiger partial charge on any atom is -0.493 e. The highest BCUT2D eigenvalue weighted by molar-refractivity contribution is 6.30. The molecule has 2 aromatic rings. The van der Waals surface area contributed by atoms with E-state index in [0.717, 1.165) is 0 Å². The maximum atomic E-state index is 11.9. The molecule has 0 radical (unpaired) electrons. The molecule has 0 aliphatic heterocycles. The van der Waals surface area contributed by atoms with Gasteiger partial charge in [-0.1, -0.05) is 11.6 Å². The molecule has 0 aliphatic carbocycles. The maximum Gasteiger partial charge on any atom is 0.259 e. The second kappa shape index (κ2) is 9.43. The van der Waals surface area contributed by atoms with Crippen molar-refractivity contribution in [2.45, 2.75) is 0 Å². The van der Waals surface area contributed by atoms with Crippen molar-refractivity contribution in [1.29, 1.82) is 0 Å². The van der Waals surface area contributed by atoms with E-state index in [1.807, 2.05) is 0 Å². The molecule has 2 rings (SSSR count). The van der Waals surface area contributed by atoms with Crippen molar-refractivity contribution < 1.29 is 19.1 Å². The number of ether oxygens (including phenoxy) is 2. The first kappa shape index (κ1) is 19.3. The topological polar surface area (TPSA) is 89.0 Å². The molecule has 26 heavy (non-hydrogen) atoms. The number of hydrogen-bond donors (Lipinski definition) is 2. The van der Waals surface area contributed by atoms with Crippen molar-refractivity contribution in [1.82, 2.24) is 10.7 Å². The molecule has 0 heterocycles. The number of carbonyl (C=O) groups is 2. The van der Waals surface area contributed by atoms with Crippen molar-refractivity contribution >= 4 is 29.6 Å². The highest BCUT2D eigenvalue weighted by Gasteiger charge is 2.07. The molecule has 0 atom stereocenters. The van der Waals surface area contributed by atoms with Crippen molar-refractivity contribution in [2.75, 3.05) is 20.8 Å². The SMILES string of the molecule is COc1ccc(/C=N\NC(=O)CNC(=O)c2ccc(Cl)cc2)cc1OC. The van der Waals surface area contributed by atoms with Crippen LogP contribution in [0.3, 0.4) is 0 Å². The summed E-state index contributed by atoms with van der Waals surface area (Å²) >= 11 is 5.76. The summed E-state index contributed by atoms with van der Waals surface area (Å²) in [6, 6.07) is 11.6. The number of nitrogens with one attached hydrogen (secondary N) is 2. The van der Waals surface area contributed by atoms with Crippen LogP contribution in [0.2, 0.25) is 5.02 Å². The van der Waals surface area contributed by atoms with Crippen LogP contribution >= 0.6 is 11.6 Å². The van der Waals surface area contributed by atoms with Crippen LogP contribution < -0.4 is 20.2 Å². The number of amides is 2. The zero-order valence-electron chi connectivity index (χ0n) is 14.3. The minimum absolute atomic E-state index is 0.204. The predicted molar refractivity (Wildman–Crippen MR) is 99.1 cm³/mol. The van der Waals surface area contributed by atoms with E-state index >= 15 is 0 Å². The lowest BCUT2D eigenvalue weighted by atomic mass is 10.2. The van der Waals surface area contributed by atoms with Gasteiger partial charge in [-0.25, -0.2) is 5.43 Å². The molecule has 0 saturated heterocycles. The summed E-state index contributed by atoms with van der Waals surface area (Å²) in [6.45, 7) is -0.204. The Hall–Kier alpha value is -3.06. The average molecular weight is 376 g/mol. The lowest BCUT2D eigenvalue weighted by molar-refractivity contribution is -0.120. The van der Waals surface area contributed by atoms with Crippen LogP contribution in [0, 0.1) is 0 Å². The van der Waals surface area contributed by atoms with Gasteiger partial charge in [-0.05, 0) is 48.0 Å². The normalized spacial score (nSPS) is 10.4. The van der Waals surface area contributed by atoms with Crippen molar-refractivity contribution in [3.63, 3.8) is 0 Å². The van der Waals surface area contributed by atoms with Gasteiger partial charge in [-0.15, -0.1) is 0 Å². The van der Waals surface area contributed by atoms with Crippen molar-refractivity contribution in [2.24, 2.45) is 5.10 Å². The number of nitrogens with zero attached hydrogens (tertiary/aromatic N) is 1. The summed E-state index contributed by atoms with van der Waals surface area (Å²) in [4.78, 5) is 23.6. The highest BCUT2D eigenvalue weighted by Crippen LogP contribution is 2.26. The molecule has 2 aromatic carbocycles. The number of halogens is 1. The fourth-order valence-corrected chi connectivity index (χ4v) is 2.14. The van der Waals surface area contributed by atoms with Crippen molar-refractivity contribution in [3.8, 4) is 11.5 Å². The Labute approximate surface area is 155 Å². The monoisotopic (exact) mass is 375 g/mol. The third-order valence-corrected chi connectivity index (χ3v) is 3.58. The van der Waals surface area contributed by atoms with Crippen LogP contribution in [-0.4, -0.2) is 38.8 Å². The highest BCUT2D eigenvalue weighted by atomic mass is 35.5. The Morgan fingerprint density at radius 1 is 1.08 bits per heavy atom. The van der Waals surface area contributed by atoms with Gasteiger partial charge in [0.25, 0.3) is 11.8 Å². The number of hydrogen-bond acceptors (Lipinski definition) is 5. The van der Waals surface area contributed by atoms with Crippen molar-refractivity contribution in [3.05, 3.63) is 58.6 Å². The largest absolute Gasteiger partial charge is 0.493 e. The van der Waals surface area contributed by atoms with Gasteiger partial charge in [-0.2, -0.15) is 5.10 Å². The van der Waals surface area contributed by atoms with Gasteiger partial charge >= 0.3 is 0 Å². The molecule has 136 valence electrons. The predicted octanol–water partition coefficient (Wildman–Crippen LogP) is 2.24. The molecule has 0 spiro atoms. The average Bonchev–Trinajstić information content (AvgIpc) is 2.66. The molecule has 7 nitrogen and oxygen atoms in total. The molecule has 0 bridgehead atoms. The first-order chi connectivity index (χ1) is 12.5. The summed E-state index contributed by atoms with van der Waals surface area (Å²) < 4.78 is 10.3. The Kier molecular flexibility index (Phi) is 6.99. The number of carbonyl (C=O) groups excluding carboxylic acids is 2. The van der Waals surface area contributed by atoms with Crippen LogP contribution in [0.25, 0.3) is 0 Å². The van der Waals surface area contributed by atoms with Crippen LogP contribution in [0.4, 0.5) is 0 Å². The molecule has 0 fully saturated rings. The lowest BCUT2D eigenvalue weighted by Gasteiger charge is -2.07. The molecular formula is C18H18ClN3O4. The second-order valence-corrected chi connectivity index (χ2v) is 5.53. The third kappa shape index (κ3) is 5.49. The standard InChI is InChI=1S/C18H18ClN3O4/c1-25-15-8-3-12(9-16(15)26-2)10-21-22-17(23)11-20-18(24)13-4-6-14(19)7-5-13/h3-10H,11H2,1-2H3,(H,20,24)(H,22,23)/b21-10-. The van der Waals surface area contributed by atoms with Gasteiger partial charge in [0.05, 0.1) is 27.0 Å². The van der Waals surface area contributed by atoms with Crippen LogP contribution in [0.5, 0.6) is 11.5 Å². The quantitative estimate of drug-likeness (QED) is 0.573. The molecule has 2 amide bonds. The van der Waals surface area contributed by atoms with Gasteiger partial charge in [0.2, 0.25) is 0 Å². The lowest BCUT2D eigenvalue weighted by Crippen LogP contribution is -2.34. The van der Waals surface area contributed by atoms with E-state index in [1.54, 1.807) is 49.6 Å². The summed E-state index contributed by atoms with van der Waals surface area (Å²) in [6.07, 6.45) is 1.46. The zero-order valence-corrected chi connectivity index (χ0v) is 15.0. The van der Waals surface area contributed by atoms with Gasteiger partial charge < -0.3 is 14.8 Å². The van der Waals surface area contributed by atoms with Gasteiger partial charge in [0.15, 0.2) is 11.5 Å². The molecule has 0 unspecified atom stereocenters. The Morgan fingerprint density at radius 2 is 1.77 bits per heavy atom. The number of hydrazone groups is 1. The molecule has 0 aromatic heterocycles. The molecular weight excluding hydrogens is 358 g/mol. The van der Waals surface area contributed by atoms with E-state index in [1.165, 1.54) is 13.3 Å². The number of benzene rings is 2. The fourth-order valence-electron chi connectivity index (χ4n) is 2.02. The molecule has 0 aliphatic rings. The number of rotatable bonds is 7. The molecule has 2 N–H and O–H groups in total. The Bertz CT molecular complexity index is 807. The molecule has 0 saturated carbocycles. The third-order valence-electron chi connectivity index (χ3n) is 3.33. The Balaban J connectivity index is 1.83. The van der Waals surface area contributed by atoms with Gasteiger partial charge in [-0.3, -0.25) is 9.59 Å². The summed E-state index contributed by atoms with van der Waals surface area (Å²) in [5, 5.41) is 6.87. The molecule has 8 heteroatoms. The Morgan fingerprint density at radius 3 is 2.42 bits per heavy atom. The minimum atomic E-state index is -0.455. The fraction of sp³-hybridized carbons (Fsp3) is 0.167.